The van der Waals surface area contributed by atoms with Gasteiger partial charge in [-0.3, -0.25) is 9.59 Å². The van der Waals surface area contributed by atoms with Gasteiger partial charge in [0.05, 0.1) is 13.2 Å². The summed E-state index contributed by atoms with van der Waals surface area (Å²) in [5.74, 6) is -2.69. The number of carbonyl (C=O) groups is 2. The Bertz CT molecular complexity index is 244. The minimum absolute atomic E-state index is 0.218. The third-order valence-corrected chi connectivity index (χ3v) is 2.01. The van der Waals surface area contributed by atoms with Crippen molar-refractivity contribution in [1.29, 1.82) is 0 Å². The number of hydrogen-bond donors (Lipinski definition) is 0. The monoisotopic (exact) mass is 226 g/mol. The lowest BCUT2D eigenvalue weighted by Crippen LogP contribution is -2.33. The van der Waals surface area contributed by atoms with Crippen LogP contribution >= 0.6 is 0 Å². The van der Waals surface area contributed by atoms with Gasteiger partial charge in [0.15, 0.2) is 5.92 Å². The molecule has 0 fully saturated rings. The van der Waals surface area contributed by atoms with E-state index < -0.39 is 23.8 Å². The van der Waals surface area contributed by atoms with Crippen LogP contribution in [0.3, 0.4) is 0 Å². The smallest absolute Gasteiger partial charge is 0.321 e. The Balaban J connectivity index is 4.87. The summed E-state index contributed by atoms with van der Waals surface area (Å²) in [6.07, 6.45) is 2.96. The molecule has 0 spiro atoms. The molecule has 0 aliphatic rings. The fraction of sp³-hybridized carbons (Fsp3) is 0.500. The second-order valence-electron chi connectivity index (χ2n) is 3.03. The highest BCUT2D eigenvalue weighted by Gasteiger charge is 2.34. The molecule has 4 heteroatoms. The van der Waals surface area contributed by atoms with Crippen molar-refractivity contribution in [3.05, 3.63) is 25.3 Å². The van der Waals surface area contributed by atoms with Crippen LogP contribution in [0.5, 0.6) is 0 Å². The molecule has 0 saturated heterocycles. The molecular formula is C12H18O4. The van der Waals surface area contributed by atoms with Crippen LogP contribution in [0.1, 0.15) is 13.8 Å². The van der Waals surface area contributed by atoms with E-state index in [1.54, 1.807) is 13.8 Å². The van der Waals surface area contributed by atoms with E-state index in [4.69, 9.17) is 9.47 Å². The first-order valence-corrected chi connectivity index (χ1v) is 5.20. The summed E-state index contributed by atoms with van der Waals surface area (Å²) in [5.41, 5.74) is 0. The molecule has 0 N–H and O–H groups in total. The number of hydrogen-bond acceptors (Lipinski definition) is 4. The quantitative estimate of drug-likeness (QED) is 0.377. The molecule has 0 aliphatic carbocycles. The summed E-state index contributed by atoms with van der Waals surface area (Å²) in [6, 6.07) is 0. The maximum absolute atomic E-state index is 11.6. The normalized spacial score (nSPS) is 10.0. The molecule has 0 saturated carbocycles. The van der Waals surface area contributed by atoms with E-state index in [0.29, 0.717) is 0 Å². The predicted molar refractivity (Wildman–Crippen MR) is 60.6 cm³/mol. The Morgan fingerprint density at radius 3 is 1.69 bits per heavy atom. The van der Waals surface area contributed by atoms with Crippen molar-refractivity contribution >= 4 is 11.9 Å². The molecule has 0 bridgehead atoms. The highest BCUT2D eigenvalue weighted by molar-refractivity contribution is 5.95. The van der Waals surface area contributed by atoms with Crippen molar-refractivity contribution in [3.63, 3.8) is 0 Å². The highest BCUT2D eigenvalue weighted by atomic mass is 16.6. The second kappa shape index (κ2) is 7.68. The zero-order valence-electron chi connectivity index (χ0n) is 9.77. The average molecular weight is 226 g/mol. The fourth-order valence-electron chi connectivity index (χ4n) is 1.24. The van der Waals surface area contributed by atoms with E-state index >= 15 is 0 Å². The maximum Gasteiger partial charge on any atom is 0.321 e. The number of esters is 2. The Morgan fingerprint density at radius 1 is 1.06 bits per heavy atom. The van der Waals surface area contributed by atoms with Gasteiger partial charge in [-0.15, -0.1) is 13.2 Å². The van der Waals surface area contributed by atoms with Gasteiger partial charge < -0.3 is 9.47 Å². The molecule has 0 unspecified atom stereocenters. The molecule has 90 valence electrons. The van der Waals surface area contributed by atoms with Crippen LogP contribution in [0.4, 0.5) is 0 Å². The number of allylic oxidation sites excluding steroid dienone is 2. The molecule has 0 rings (SSSR count). The van der Waals surface area contributed by atoms with Gasteiger partial charge in [0.25, 0.3) is 0 Å². The summed E-state index contributed by atoms with van der Waals surface area (Å²) in [6.45, 7) is 10.9. The molecular weight excluding hydrogens is 208 g/mol. The molecule has 4 nitrogen and oxygen atoms in total. The largest absolute Gasteiger partial charge is 0.465 e. The Kier molecular flexibility index (Phi) is 6.92. The molecule has 0 aliphatic heterocycles. The van der Waals surface area contributed by atoms with E-state index in [9.17, 15) is 9.59 Å². The van der Waals surface area contributed by atoms with E-state index in [2.05, 4.69) is 13.2 Å². The summed E-state index contributed by atoms with van der Waals surface area (Å²) in [5, 5.41) is 0. The highest BCUT2D eigenvalue weighted by Crippen LogP contribution is 2.18. The van der Waals surface area contributed by atoms with E-state index in [1.165, 1.54) is 12.2 Å². The molecule has 0 amide bonds. The lowest BCUT2D eigenvalue weighted by Gasteiger charge is -2.18. The summed E-state index contributed by atoms with van der Waals surface area (Å²) in [4.78, 5) is 23.2. The van der Waals surface area contributed by atoms with E-state index in [-0.39, 0.29) is 13.2 Å². The van der Waals surface area contributed by atoms with Crippen molar-refractivity contribution in [2.45, 2.75) is 13.8 Å². The van der Waals surface area contributed by atoms with Crippen molar-refractivity contribution in [1.82, 2.24) is 0 Å². The Labute approximate surface area is 95.9 Å². The summed E-state index contributed by atoms with van der Waals surface area (Å²) in [7, 11) is 0. The van der Waals surface area contributed by atoms with Gasteiger partial charge in [-0.2, -0.15) is 0 Å². The van der Waals surface area contributed by atoms with Crippen molar-refractivity contribution in [2.24, 2.45) is 11.8 Å². The predicted octanol–water partition coefficient (Wildman–Crippen LogP) is 1.72. The third-order valence-electron chi connectivity index (χ3n) is 2.01. The number of rotatable bonds is 7. The van der Waals surface area contributed by atoms with Crippen LogP contribution < -0.4 is 0 Å². The molecule has 0 aromatic heterocycles. The standard InChI is InChI=1S/C12H18O4/c1-5-9(6-2)10(11(13)15-7-3)12(14)16-8-4/h5-6,9-10H,1-2,7-8H2,3-4H3. The first-order valence-electron chi connectivity index (χ1n) is 5.20. The molecule has 0 aromatic rings. The molecule has 0 atom stereocenters. The van der Waals surface area contributed by atoms with Gasteiger partial charge in [0.2, 0.25) is 0 Å². The van der Waals surface area contributed by atoms with Gasteiger partial charge in [-0.1, -0.05) is 12.2 Å². The first-order chi connectivity index (χ1) is 7.62. The molecule has 16 heavy (non-hydrogen) atoms. The lowest BCUT2D eigenvalue weighted by atomic mass is 9.92. The van der Waals surface area contributed by atoms with Gasteiger partial charge in [0, 0.05) is 5.92 Å². The summed E-state index contributed by atoms with van der Waals surface area (Å²) < 4.78 is 9.64. The van der Waals surface area contributed by atoms with E-state index in [0.717, 1.165) is 0 Å². The van der Waals surface area contributed by atoms with Crippen LogP contribution in [-0.2, 0) is 19.1 Å². The van der Waals surface area contributed by atoms with Gasteiger partial charge in [0.1, 0.15) is 0 Å². The molecule has 0 radical (unpaired) electrons. The lowest BCUT2D eigenvalue weighted by molar-refractivity contribution is -0.162. The molecule has 0 aromatic carbocycles. The number of ether oxygens (including phenoxy) is 2. The van der Waals surface area contributed by atoms with Crippen molar-refractivity contribution < 1.29 is 19.1 Å². The van der Waals surface area contributed by atoms with E-state index in [1.807, 2.05) is 0 Å². The topological polar surface area (TPSA) is 52.6 Å². The maximum atomic E-state index is 11.6. The Morgan fingerprint density at radius 2 is 1.44 bits per heavy atom. The van der Waals surface area contributed by atoms with Crippen molar-refractivity contribution in [2.75, 3.05) is 13.2 Å². The Hall–Kier alpha value is -1.58. The van der Waals surface area contributed by atoms with Crippen molar-refractivity contribution in [3.8, 4) is 0 Å². The van der Waals surface area contributed by atoms with Crippen LogP contribution in [0.15, 0.2) is 25.3 Å². The van der Waals surface area contributed by atoms with Crippen LogP contribution in [0, 0.1) is 11.8 Å². The van der Waals surface area contributed by atoms with Crippen LogP contribution in [-0.4, -0.2) is 25.2 Å². The van der Waals surface area contributed by atoms with Gasteiger partial charge in [-0.25, -0.2) is 0 Å². The zero-order chi connectivity index (χ0) is 12.6. The minimum Gasteiger partial charge on any atom is -0.465 e. The fourth-order valence-corrected chi connectivity index (χ4v) is 1.24. The van der Waals surface area contributed by atoms with Gasteiger partial charge >= 0.3 is 11.9 Å². The van der Waals surface area contributed by atoms with Crippen LogP contribution in [0.25, 0.3) is 0 Å². The second-order valence-corrected chi connectivity index (χ2v) is 3.03. The van der Waals surface area contributed by atoms with Crippen LogP contribution in [0.2, 0.25) is 0 Å². The third kappa shape index (κ3) is 3.88. The zero-order valence-corrected chi connectivity index (χ0v) is 9.77. The molecule has 0 heterocycles. The minimum atomic E-state index is -1.00. The number of carbonyl (C=O) groups excluding carboxylic acids is 2. The summed E-state index contributed by atoms with van der Waals surface area (Å²) >= 11 is 0. The first kappa shape index (κ1) is 14.4. The van der Waals surface area contributed by atoms with Gasteiger partial charge in [-0.05, 0) is 13.8 Å². The SMILES string of the molecule is C=CC(C=C)C(C(=O)OCC)C(=O)OCC. The average Bonchev–Trinajstić information content (AvgIpc) is 2.25.